The second kappa shape index (κ2) is 9.75. The molecule has 5 heteroatoms. The van der Waals surface area contributed by atoms with Crippen LogP contribution in [0, 0.1) is 0 Å². The van der Waals surface area contributed by atoms with E-state index in [-0.39, 0.29) is 18.4 Å². The summed E-state index contributed by atoms with van der Waals surface area (Å²) in [7, 11) is 0. The Kier molecular flexibility index (Phi) is 8.26. The lowest BCUT2D eigenvalue weighted by molar-refractivity contribution is -0.147. The highest BCUT2D eigenvalue weighted by atomic mass is 16.5. The van der Waals surface area contributed by atoms with E-state index in [4.69, 9.17) is 9.84 Å². The predicted molar refractivity (Wildman–Crippen MR) is 76.6 cm³/mol. The normalized spacial score (nSPS) is 19.1. The van der Waals surface area contributed by atoms with E-state index in [1.807, 2.05) is 0 Å². The van der Waals surface area contributed by atoms with Gasteiger partial charge in [-0.05, 0) is 6.42 Å². The number of nitrogens with zero attached hydrogens (tertiary/aromatic N) is 1. The summed E-state index contributed by atoms with van der Waals surface area (Å²) >= 11 is 0. The number of carbonyl (C=O) groups excluding carboxylic acids is 1. The quantitative estimate of drug-likeness (QED) is 0.661. The molecule has 116 valence electrons. The van der Waals surface area contributed by atoms with Gasteiger partial charge in [0, 0.05) is 19.5 Å². The average molecular weight is 285 g/mol. The number of carbonyl (C=O) groups is 2. The van der Waals surface area contributed by atoms with Crippen molar-refractivity contribution in [3.63, 3.8) is 0 Å². The Balaban J connectivity index is 2.17. The van der Waals surface area contributed by atoms with Crippen LogP contribution in [0.25, 0.3) is 0 Å². The first-order chi connectivity index (χ1) is 9.63. The molecule has 5 nitrogen and oxygen atoms in total. The fraction of sp³-hybridized carbons (Fsp3) is 0.867. The Morgan fingerprint density at radius 3 is 2.60 bits per heavy atom. The molecule has 0 aromatic carbocycles. The van der Waals surface area contributed by atoms with Gasteiger partial charge in [-0.1, -0.05) is 39.0 Å². The molecule has 1 amide bonds. The van der Waals surface area contributed by atoms with Crippen LogP contribution in [-0.2, 0) is 14.3 Å². The van der Waals surface area contributed by atoms with Crippen molar-refractivity contribution < 1.29 is 19.4 Å². The fourth-order valence-corrected chi connectivity index (χ4v) is 2.48. The van der Waals surface area contributed by atoms with Crippen LogP contribution in [0.3, 0.4) is 0 Å². The van der Waals surface area contributed by atoms with Crippen LogP contribution in [0.2, 0.25) is 0 Å². The lowest BCUT2D eigenvalue weighted by Gasteiger charge is -2.32. The van der Waals surface area contributed by atoms with Crippen LogP contribution >= 0.6 is 0 Å². The number of hydrogen-bond donors (Lipinski definition) is 1. The van der Waals surface area contributed by atoms with Crippen molar-refractivity contribution in [1.29, 1.82) is 0 Å². The van der Waals surface area contributed by atoms with Crippen molar-refractivity contribution in [1.82, 2.24) is 4.90 Å². The van der Waals surface area contributed by atoms with Crippen LogP contribution in [0.5, 0.6) is 0 Å². The molecule has 1 saturated heterocycles. The summed E-state index contributed by atoms with van der Waals surface area (Å²) in [4.78, 5) is 24.5. The second-order valence-electron chi connectivity index (χ2n) is 5.45. The number of carboxylic acid groups (broad SMARTS) is 1. The van der Waals surface area contributed by atoms with Crippen LogP contribution in [0.1, 0.15) is 58.3 Å². The molecule has 0 aromatic heterocycles. The molecular formula is C15H27NO4. The van der Waals surface area contributed by atoms with Gasteiger partial charge in [-0.15, -0.1) is 0 Å². The number of aliphatic carboxylic acids is 1. The van der Waals surface area contributed by atoms with Crippen LogP contribution in [0.15, 0.2) is 0 Å². The predicted octanol–water partition coefficient (Wildman–Crippen LogP) is 2.44. The van der Waals surface area contributed by atoms with Gasteiger partial charge < -0.3 is 14.7 Å². The largest absolute Gasteiger partial charge is 0.481 e. The van der Waals surface area contributed by atoms with Gasteiger partial charge in [0.25, 0.3) is 0 Å². The third kappa shape index (κ3) is 6.89. The van der Waals surface area contributed by atoms with E-state index >= 15 is 0 Å². The first kappa shape index (κ1) is 17.0. The second-order valence-corrected chi connectivity index (χ2v) is 5.45. The monoisotopic (exact) mass is 285 g/mol. The van der Waals surface area contributed by atoms with Crippen molar-refractivity contribution in [2.45, 2.75) is 64.4 Å². The molecule has 1 aliphatic heterocycles. The highest BCUT2D eigenvalue weighted by Gasteiger charge is 2.25. The zero-order valence-corrected chi connectivity index (χ0v) is 12.5. The molecule has 0 aliphatic carbocycles. The van der Waals surface area contributed by atoms with Crippen molar-refractivity contribution in [2.75, 3.05) is 19.7 Å². The molecule has 1 heterocycles. The molecule has 0 aromatic rings. The maximum atomic E-state index is 12.0. The van der Waals surface area contributed by atoms with E-state index in [0.717, 1.165) is 12.8 Å². The first-order valence-electron chi connectivity index (χ1n) is 7.74. The molecule has 1 unspecified atom stereocenters. The summed E-state index contributed by atoms with van der Waals surface area (Å²) in [6.45, 7) is 3.64. The smallest absolute Gasteiger partial charge is 0.306 e. The van der Waals surface area contributed by atoms with Crippen LogP contribution < -0.4 is 0 Å². The Hall–Kier alpha value is -1.10. The van der Waals surface area contributed by atoms with Crippen LogP contribution in [-0.4, -0.2) is 47.7 Å². The number of morpholine rings is 1. The Morgan fingerprint density at radius 2 is 1.90 bits per heavy atom. The van der Waals surface area contributed by atoms with E-state index in [1.54, 1.807) is 4.90 Å². The zero-order chi connectivity index (χ0) is 14.8. The summed E-state index contributed by atoms with van der Waals surface area (Å²) < 4.78 is 5.36. The van der Waals surface area contributed by atoms with Crippen LogP contribution in [0.4, 0.5) is 0 Å². The minimum atomic E-state index is -0.875. The molecule has 0 saturated carbocycles. The lowest BCUT2D eigenvalue weighted by atomic mass is 10.1. The van der Waals surface area contributed by atoms with Crippen molar-refractivity contribution >= 4 is 11.9 Å². The number of ether oxygens (including phenoxy) is 1. The fourth-order valence-electron chi connectivity index (χ4n) is 2.48. The van der Waals surface area contributed by atoms with E-state index in [2.05, 4.69) is 6.92 Å². The minimum Gasteiger partial charge on any atom is -0.481 e. The highest BCUT2D eigenvalue weighted by Crippen LogP contribution is 2.12. The van der Waals surface area contributed by atoms with Gasteiger partial charge in [-0.2, -0.15) is 0 Å². The molecule has 1 rings (SSSR count). The maximum absolute atomic E-state index is 12.0. The summed E-state index contributed by atoms with van der Waals surface area (Å²) in [6.07, 6.45) is 7.20. The van der Waals surface area contributed by atoms with Crippen molar-refractivity contribution in [3.8, 4) is 0 Å². The summed E-state index contributed by atoms with van der Waals surface area (Å²) in [5, 5.41) is 8.75. The number of hydrogen-bond acceptors (Lipinski definition) is 3. The molecule has 0 spiro atoms. The van der Waals surface area contributed by atoms with E-state index in [0.29, 0.717) is 26.1 Å². The van der Waals surface area contributed by atoms with Crippen molar-refractivity contribution in [2.24, 2.45) is 0 Å². The van der Waals surface area contributed by atoms with E-state index in [9.17, 15) is 9.59 Å². The standard InChI is InChI=1S/C15H27NO4/c1-2-3-4-5-6-7-8-14(17)16-9-10-20-13(12-16)11-15(18)19/h13H,2-12H2,1H3,(H,18,19). The summed E-state index contributed by atoms with van der Waals surface area (Å²) in [5.74, 6) is -0.737. The zero-order valence-electron chi connectivity index (χ0n) is 12.5. The molecule has 1 fully saturated rings. The number of amides is 1. The van der Waals surface area contributed by atoms with Gasteiger partial charge in [0.2, 0.25) is 5.91 Å². The number of unbranched alkanes of at least 4 members (excludes halogenated alkanes) is 5. The molecule has 0 bridgehead atoms. The average Bonchev–Trinajstić information content (AvgIpc) is 2.42. The molecule has 1 atom stereocenters. The molecular weight excluding hydrogens is 258 g/mol. The van der Waals surface area contributed by atoms with Gasteiger partial charge in [-0.25, -0.2) is 0 Å². The summed E-state index contributed by atoms with van der Waals surface area (Å²) in [6, 6.07) is 0. The molecule has 1 N–H and O–H groups in total. The van der Waals surface area contributed by atoms with Gasteiger partial charge in [-0.3, -0.25) is 9.59 Å². The Bertz CT molecular complexity index is 306. The SMILES string of the molecule is CCCCCCCCC(=O)N1CCOC(CC(=O)O)C1. The Labute approximate surface area is 121 Å². The summed E-state index contributed by atoms with van der Waals surface area (Å²) in [5.41, 5.74) is 0. The lowest BCUT2D eigenvalue weighted by Crippen LogP contribution is -2.46. The Morgan fingerprint density at radius 1 is 1.20 bits per heavy atom. The number of rotatable bonds is 9. The molecule has 1 aliphatic rings. The van der Waals surface area contributed by atoms with Gasteiger partial charge >= 0.3 is 5.97 Å². The third-order valence-corrected chi connectivity index (χ3v) is 3.64. The van der Waals surface area contributed by atoms with Crippen molar-refractivity contribution in [3.05, 3.63) is 0 Å². The van der Waals surface area contributed by atoms with Gasteiger partial charge in [0.1, 0.15) is 0 Å². The highest BCUT2D eigenvalue weighted by molar-refractivity contribution is 5.76. The molecule has 20 heavy (non-hydrogen) atoms. The molecule has 0 radical (unpaired) electrons. The van der Waals surface area contributed by atoms with Gasteiger partial charge in [0.05, 0.1) is 19.1 Å². The van der Waals surface area contributed by atoms with Gasteiger partial charge in [0.15, 0.2) is 0 Å². The third-order valence-electron chi connectivity index (χ3n) is 3.64. The minimum absolute atomic E-state index is 0.0270. The van der Waals surface area contributed by atoms with E-state index < -0.39 is 5.97 Å². The number of carboxylic acids is 1. The maximum Gasteiger partial charge on any atom is 0.306 e. The topological polar surface area (TPSA) is 66.8 Å². The first-order valence-corrected chi connectivity index (χ1v) is 7.74. The van der Waals surface area contributed by atoms with E-state index in [1.165, 1.54) is 25.7 Å².